The molecular formula is C23H24N2O6. The van der Waals surface area contributed by atoms with Crippen molar-refractivity contribution in [3.63, 3.8) is 0 Å². The first-order chi connectivity index (χ1) is 14.8. The maximum absolute atomic E-state index is 13.1. The lowest BCUT2D eigenvalue weighted by molar-refractivity contribution is -0.143. The highest BCUT2D eigenvalue weighted by atomic mass is 16.5. The Morgan fingerprint density at radius 1 is 0.935 bits per heavy atom. The predicted octanol–water partition coefficient (Wildman–Crippen LogP) is 3.20. The molecule has 0 radical (unpaired) electrons. The van der Waals surface area contributed by atoms with E-state index in [1.807, 2.05) is 0 Å². The smallest absolute Gasteiger partial charge is 0.338 e. The third kappa shape index (κ3) is 4.85. The van der Waals surface area contributed by atoms with Gasteiger partial charge in [-0.25, -0.2) is 14.4 Å². The average Bonchev–Trinajstić information content (AvgIpc) is 2.77. The fourth-order valence-corrected chi connectivity index (χ4v) is 3.23. The normalized spacial score (nSPS) is 15.8. The van der Waals surface area contributed by atoms with Crippen LogP contribution in [0.15, 0.2) is 54.1 Å². The number of ether oxygens (including phenoxy) is 3. The molecule has 2 amide bonds. The molecule has 0 saturated heterocycles. The Labute approximate surface area is 180 Å². The number of rotatable bonds is 6. The second kappa shape index (κ2) is 9.34. The number of methoxy groups -OCH3 is 2. The van der Waals surface area contributed by atoms with Gasteiger partial charge in [0.25, 0.3) is 0 Å². The molecule has 1 atom stereocenters. The van der Waals surface area contributed by atoms with Crippen LogP contribution in [0.2, 0.25) is 0 Å². The van der Waals surface area contributed by atoms with Gasteiger partial charge in [-0.05, 0) is 61.4 Å². The third-order valence-corrected chi connectivity index (χ3v) is 4.68. The van der Waals surface area contributed by atoms with E-state index in [1.165, 1.54) is 7.11 Å². The van der Waals surface area contributed by atoms with Gasteiger partial charge in [0.2, 0.25) is 0 Å². The molecule has 2 aromatic rings. The highest BCUT2D eigenvalue weighted by Gasteiger charge is 2.35. The number of esters is 2. The Kier molecular flexibility index (Phi) is 6.59. The summed E-state index contributed by atoms with van der Waals surface area (Å²) < 4.78 is 15.4. The molecule has 31 heavy (non-hydrogen) atoms. The van der Waals surface area contributed by atoms with Crippen LogP contribution in [0.5, 0.6) is 5.75 Å². The summed E-state index contributed by atoms with van der Waals surface area (Å²) in [5, 5.41) is 5.50. The van der Waals surface area contributed by atoms with Crippen LogP contribution in [0.3, 0.4) is 0 Å². The molecule has 162 valence electrons. The van der Waals surface area contributed by atoms with E-state index < -0.39 is 24.0 Å². The minimum absolute atomic E-state index is 0.254. The van der Waals surface area contributed by atoms with Crippen LogP contribution in [0.25, 0.3) is 5.70 Å². The van der Waals surface area contributed by atoms with Crippen molar-refractivity contribution >= 4 is 23.7 Å². The van der Waals surface area contributed by atoms with Crippen LogP contribution in [0, 0.1) is 0 Å². The Bertz CT molecular complexity index is 1010. The molecule has 0 bridgehead atoms. The zero-order valence-corrected chi connectivity index (χ0v) is 17.7. The van der Waals surface area contributed by atoms with Gasteiger partial charge in [0.05, 0.1) is 43.2 Å². The second-order valence-electron chi connectivity index (χ2n) is 7.12. The van der Waals surface area contributed by atoms with Crippen LogP contribution in [0.1, 0.15) is 41.4 Å². The lowest BCUT2D eigenvalue weighted by Gasteiger charge is -2.30. The van der Waals surface area contributed by atoms with Crippen molar-refractivity contribution in [3.05, 3.63) is 70.8 Å². The standard InChI is InChI=1S/C23H24N2O6/c1-13(2)31-22(27)18-19(14-5-7-16(8-6-14)21(26)30-4)24-23(28)25-20(18)15-9-11-17(29-3)12-10-15/h5-13,19H,1-4H3,(H2,24,25,28). The molecule has 8 nitrogen and oxygen atoms in total. The molecule has 0 spiro atoms. The Morgan fingerprint density at radius 3 is 2.13 bits per heavy atom. The van der Waals surface area contributed by atoms with Gasteiger partial charge in [-0.15, -0.1) is 0 Å². The quantitative estimate of drug-likeness (QED) is 0.691. The fraction of sp³-hybridized carbons (Fsp3) is 0.261. The molecule has 0 aromatic heterocycles. The summed E-state index contributed by atoms with van der Waals surface area (Å²) in [6.45, 7) is 3.50. The Hall–Kier alpha value is -3.81. The first kappa shape index (κ1) is 21.9. The molecule has 2 N–H and O–H groups in total. The molecule has 0 fully saturated rings. The van der Waals surface area contributed by atoms with Crippen molar-refractivity contribution < 1.29 is 28.6 Å². The van der Waals surface area contributed by atoms with E-state index in [9.17, 15) is 14.4 Å². The van der Waals surface area contributed by atoms with Crippen LogP contribution >= 0.6 is 0 Å². The van der Waals surface area contributed by atoms with Crippen molar-refractivity contribution in [2.45, 2.75) is 26.0 Å². The average molecular weight is 424 g/mol. The largest absolute Gasteiger partial charge is 0.497 e. The van der Waals surface area contributed by atoms with E-state index in [0.29, 0.717) is 28.1 Å². The molecule has 2 aromatic carbocycles. The minimum atomic E-state index is -0.774. The van der Waals surface area contributed by atoms with Gasteiger partial charge in [0, 0.05) is 0 Å². The van der Waals surface area contributed by atoms with Crippen LogP contribution in [-0.2, 0) is 14.3 Å². The van der Waals surface area contributed by atoms with Crippen molar-refractivity contribution in [1.29, 1.82) is 0 Å². The van der Waals surface area contributed by atoms with Crippen molar-refractivity contribution in [2.75, 3.05) is 14.2 Å². The maximum atomic E-state index is 13.1. The summed E-state index contributed by atoms with van der Waals surface area (Å²) in [4.78, 5) is 37.3. The number of hydrogen-bond donors (Lipinski definition) is 2. The summed E-state index contributed by atoms with van der Waals surface area (Å²) in [5.74, 6) is -0.393. The number of benzene rings is 2. The first-order valence-electron chi connectivity index (χ1n) is 9.69. The Balaban J connectivity index is 2.11. The molecule has 1 aliphatic rings. The van der Waals surface area contributed by atoms with Crippen LogP contribution in [-0.4, -0.2) is 38.3 Å². The van der Waals surface area contributed by atoms with E-state index in [1.54, 1.807) is 69.5 Å². The number of nitrogens with one attached hydrogen (secondary N) is 2. The van der Waals surface area contributed by atoms with Gasteiger partial charge in [0.1, 0.15) is 5.75 Å². The van der Waals surface area contributed by atoms with E-state index >= 15 is 0 Å². The fourth-order valence-electron chi connectivity index (χ4n) is 3.23. The lowest BCUT2D eigenvalue weighted by Crippen LogP contribution is -2.45. The monoisotopic (exact) mass is 424 g/mol. The van der Waals surface area contributed by atoms with E-state index in [0.717, 1.165) is 0 Å². The van der Waals surface area contributed by atoms with Gasteiger partial charge in [-0.2, -0.15) is 0 Å². The molecule has 1 heterocycles. The number of hydrogen-bond acceptors (Lipinski definition) is 6. The van der Waals surface area contributed by atoms with Gasteiger partial charge in [-0.1, -0.05) is 12.1 Å². The highest BCUT2D eigenvalue weighted by molar-refractivity contribution is 6.04. The van der Waals surface area contributed by atoms with E-state index in [-0.39, 0.29) is 11.7 Å². The highest BCUT2D eigenvalue weighted by Crippen LogP contribution is 2.33. The number of carbonyl (C=O) groups excluding carboxylic acids is 3. The maximum Gasteiger partial charge on any atom is 0.338 e. The summed E-state index contributed by atoms with van der Waals surface area (Å²) in [5.41, 5.74) is 2.20. The van der Waals surface area contributed by atoms with Gasteiger partial charge >= 0.3 is 18.0 Å². The number of amides is 2. The minimum Gasteiger partial charge on any atom is -0.497 e. The van der Waals surface area contributed by atoms with Crippen molar-refractivity contribution in [3.8, 4) is 5.75 Å². The van der Waals surface area contributed by atoms with Crippen LogP contribution in [0.4, 0.5) is 4.79 Å². The van der Waals surface area contributed by atoms with E-state index in [4.69, 9.17) is 14.2 Å². The van der Waals surface area contributed by atoms with Gasteiger partial charge in [-0.3, -0.25) is 0 Å². The van der Waals surface area contributed by atoms with E-state index in [2.05, 4.69) is 10.6 Å². The summed E-state index contributed by atoms with van der Waals surface area (Å²) in [6.07, 6.45) is -0.350. The Morgan fingerprint density at radius 2 is 1.58 bits per heavy atom. The van der Waals surface area contributed by atoms with Gasteiger partial charge in [0.15, 0.2) is 0 Å². The molecule has 8 heteroatoms. The van der Waals surface area contributed by atoms with Gasteiger partial charge < -0.3 is 24.8 Å². The van der Waals surface area contributed by atoms with Crippen molar-refractivity contribution in [1.82, 2.24) is 10.6 Å². The zero-order valence-electron chi connectivity index (χ0n) is 17.7. The summed E-state index contributed by atoms with van der Waals surface area (Å²) in [6, 6.07) is 12.2. The SMILES string of the molecule is COC(=O)c1ccc(C2NC(=O)NC(c3ccc(OC)cc3)=C2C(=O)OC(C)C)cc1. The summed E-state index contributed by atoms with van der Waals surface area (Å²) >= 11 is 0. The molecule has 1 aliphatic heterocycles. The molecule has 3 rings (SSSR count). The molecule has 1 unspecified atom stereocenters. The predicted molar refractivity (Wildman–Crippen MR) is 113 cm³/mol. The second-order valence-corrected chi connectivity index (χ2v) is 7.12. The summed E-state index contributed by atoms with van der Waals surface area (Å²) in [7, 11) is 2.85. The third-order valence-electron chi connectivity index (χ3n) is 4.68. The molecule has 0 saturated carbocycles. The lowest BCUT2D eigenvalue weighted by atomic mass is 9.92. The van der Waals surface area contributed by atoms with Crippen LogP contribution < -0.4 is 15.4 Å². The zero-order chi connectivity index (χ0) is 22.5. The molecule has 0 aliphatic carbocycles. The first-order valence-corrected chi connectivity index (χ1v) is 9.69. The number of urea groups is 1. The number of carbonyl (C=O) groups is 3. The van der Waals surface area contributed by atoms with Crippen molar-refractivity contribution in [2.24, 2.45) is 0 Å². The molecular weight excluding hydrogens is 400 g/mol. The topological polar surface area (TPSA) is 103 Å².